The molecule has 0 aromatic carbocycles. The van der Waals surface area contributed by atoms with Crippen molar-refractivity contribution >= 4 is 14.1 Å². The van der Waals surface area contributed by atoms with Crippen LogP contribution in [-0.2, 0) is 9.22 Å². The Morgan fingerprint density at radius 2 is 1.92 bits per heavy atom. The Labute approximate surface area is 154 Å². The van der Waals surface area contributed by atoms with E-state index in [0.717, 1.165) is 25.7 Å². The summed E-state index contributed by atoms with van der Waals surface area (Å²) in [6.45, 7) is 13.1. The van der Waals surface area contributed by atoms with Crippen molar-refractivity contribution in [2.24, 2.45) is 17.3 Å². The van der Waals surface area contributed by atoms with Crippen molar-refractivity contribution in [1.82, 2.24) is 0 Å². The predicted octanol–water partition coefficient (Wildman–Crippen LogP) is 5.50. The predicted molar refractivity (Wildman–Crippen MR) is 106 cm³/mol. The second-order valence-electron chi connectivity index (χ2n) is 9.95. The van der Waals surface area contributed by atoms with Crippen LogP contribution in [0.3, 0.4) is 0 Å². The van der Waals surface area contributed by atoms with Crippen LogP contribution in [0.2, 0.25) is 19.6 Å². The van der Waals surface area contributed by atoms with Crippen LogP contribution in [0, 0.1) is 29.1 Å². The Morgan fingerprint density at radius 3 is 2.52 bits per heavy atom. The number of carbonyl (C=O) groups excluding carboxylic acids is 1. The molecule has 0 N–H and O–H groups in total. The summed E-state index contributed by atoms with van der Waals surface area (Å²) in [7, 11) is -1.59. The first-order valence-electron chi connectivity index (χ1n) is 9.96. The van der Waals surface area contributed by atoms with Gasteiger partial charge in [-0.3, -0.25) is 4.79 Å². The van der Waals surface area contributed by atoms with Crippen LogP contribution in [0.15, 0.2) is 11.1 Å². The molecule has 0 heterocycles. The van der Waals surface area contributed by atoms with Gasteiger partial charge in [0.15, 0.2) is 8.32 Å². The number of hydrogen-bond acceptors (Lipinski definition) is 2. The minimum absolute atomic E-state index is 0.281. The summed E-state index contributed by atoms with van der Waals surface area (Å²) < 4.78 is 6.22. The molecule has 2 atom stereocenters. The maximum absolute atomic E-state index is 12.3. The highest BCUT2D eigenvalue weighted by Gasteiger charge is 2.53. The van der Waals surface area contributed by atoms with Crippen molar-refractivity contribution in [2.45, 2.75) is 91.0 Å². The Kier molecular flexibility index (Phi) is 4.84. The molecule has 0 amide bonds. The number of rotatable bonds is 4. The number of hydrogen-bond donors (Lipinski definition) is 0. The number of fused-ring (bicyclic) bond motifs is 1. The Bertz CT molecular complexity index is 650. The van der Waals surface area contributed by atoms with Gasteiger partial charge >= 0.3 is 0 Å². The van der Waals surface area contributed by atoms with E-state index in [9.17, 15) is 4.79 Å². The molecule has 2 saturated carbocycles. The summed E-state index contributed by atoms with van der Waals surface area (Å²) in [4.78, 5) is 12.3. The van der Waals surface area contributed by atoms with E-state index in [1.807, 2.05) is 0 Å². The molecule has 138 valence electrons. The van der Waals surface area contributed by atoms with Gasteiger partial charge in [-0.05, 0) is 78.4 Å². The molecule has 2 fully saturated rings. The lowest BCUT2D eigenvalue weighted by Crippen LogP contribution is -2.37. The van der Waals surface area contributed by atoms with E-state index in [4.69, 9.17) is 4.43 Å². The van der Waals surface area contributed by atoms with Gasteiger partial charge < -0.3 is 4.43 Å². The molecule has 0 radical (unpaired) electrons. The van der Waals surface area contributed by atoms with Crippen LogP contribution in [0.5, 0.6) is 0 Å². The first-order valence-corrected chi connectivity index (χ1v) is 13.4. The summed E-state index contributed by atoms with van der Waals surface area (Å²) in [5.74, 6) is 8.22. The fourth-order valence-corrected chi connectivity index (χ4v) is 6.80. The zero-order valence-corrected chi connectivity index (χ0v) is 17.9. The fraction of sp³-hybridized carbons (Fsp3) is 0.773. The number of ketones is 1. The van der Waals surface area contributed by atoms with Crippen molar-refractivity contribution in [3.05, 3.63) is 11.1 Å². The second kappa shape index (κ2) is 6.39. The van der Waals surface area contributed by atoms with Crippen LogP contribution in [0.4, 0.5) is 0 Å². The molecule has 2 nitrogen and oxygen atoms in total. The SMILES string of the molecule is CC1=C(C2(CC#CC(C)(C)O[Si](C)(C)C)CC2)C2CCCC(=O)C2C1. The van der Waals surface area contributed by atoms with E-state index in [2.05, 4.69) is 52.3 Å². The van der Waals surface area contributed by atoms with Crippen molar-refractivity contribution in [1.29, 1.82) is 0 Å². The minimum atomic E-state index is -1.59. The summed E-state index contributed by atoms with van der Waals surface area (Å²) in [5, 5.41) is 0. The molecule has 3 aliphatic carbocycles. The molecule has 0 aromatic rings. The third-order valence-electron chi connectivity index (χ3n) is 6.00. The number of Topliss-reactive ketones (excluding diaryl/α,β-unsaturated/α-hetero) is 1. The molecule has 0 aromatic heterocycles. The smallest absolute Gasteiger partial charge is 0.185 e. The van der Waals surface area contributed by atoms with Crippen LogP contribution >= 0.6 is 0 Å². The second-order valence-corrected chi connectivity index (χ2v) is 14.4. The third kappa shape index (κ3) is 4.12. The molecule has 0 bridgehead atoms. The summed E-state index contributed by atoms with van der Waals surface area (Å²) in [6, 6.07) is 0. The highest BCUT2D eigenvalue weighted by Crippen LogP contribution is 2.63. The molecule has 3 aliphatic rings. The third-order valence-corrected chi connectivity index (χ3v) is 7.12. The van der Waals surface area contributed by atoms with Gasteiger partial charge in [0.25, 0.3) is 0 Å². The van der Waals surface area contributed by atoms with Gasteiger partial charge in [0.05, 0.1) is 0 Å². The fourth-order valence-electron chi connectivity index (χ4n) is 5.22. The zero-order valence-electron chi connectivity index (χ0n) is 16.9. The zero-order chi connectivity index (χ0) is 18.5. The largest absolute Gasteiger partial charge is 0.402 e. The van der Waals surface area contributed by atoms with E-state index >= 15 is 0 Å². The van der Waals surface area contributed by atoms with Gasteiger partial charge in [0.2, 0.25) is 0 Å². The Hall–Kier alpha value is -0.853. The average Bonchev–Trinajstić information content (AvgIpc) is 3.12. The van der Waals surface area contributed by atoms with Crippen LogP contribution < -0.4 is 0 Å². The minimum Gasteiger partial charge on any atom is -0.402 e. The maximum Gasteiger partial charge on any atom is 0.185 e. The molecule has 3 heteroatoms. The first-order chi connectivity index (χ1) is 11.5. The lowest BCUT2D eigenvalue weighted by atomic mass is 9.73. The highest BCUT2D eigenvalue weighted by atomic mass is 28.4. The molecule has 0 aliphatic heterocycles. The lowest BCUT2D eigenvalue weighted by molar-refractivity contribution is -0.125. The Balaban J connectivity index is 1.73. The van der Waals surface area contributed by atoms with Crippen molar-refractivity contribution in [3.63, 3.8) is 0 Å². The monoisotopic (exact) mass is 358 g/mol. The normalized spacial score (nSPS) is 28.5. The van der Waals surface area contributed by atoms with Crippen LogP contribution in [-0.4, -0.2) is 19.7 Å². The maximum atomic E-state index is 12.3. The quantitative estimate of drug-likeness (QED) is 0.377. The summed E-state index contributed by atoms with van der Waals surface area (Å²) in [6.07, 6.45) is 7.55. The van der Waals surface area contributed by atoms with Gasteiger partial charge in [-0.1, -0.05) is 23.0 Å². The number of carbonyl (C=O) groups is 1. The van der Waals surface area contributed by atoms with E-state index in [1.54, 1.807) is 5.57 Å². The van der Waals surface area contributed by atoms with E-state index in [0.29, 0.717) is 17.6 Å². The van der Waals surface area contributed by atoms with Crippen LogP contribution in [0.1, 0.15) is 65.7 Å². The highest BCUT2D eigenvalue weighted by molar-refractivity contribution is 6.69. The van der Waals surface area contributed by atoms with Crippen molar-refractivity contribution in [2.75, 3.05) is 0 Å². The summed E-state index contributed by atoms with van der Waals surface area (Å²) in [5.41, 5.74) is 3.05. The van der Waals surface area contributed by atoms with E-state index in [1.165, 1.54) is 24.8 Å². The van der Waals surface area contributed by atoms with Gasteiger partial charge in [0, 0.05) is 24.2 Å². The molecule has 3 rings (SSSR count). The lowest BCUT2D eigenvalue weighted by Gasteiger charge is -2.30. The average molecular weight is 359 g/mol. The van der Waals surface area contributed by atoms with Crippen molar-refractivity contribution < 1.29 is 9.22 Å². The van der Waals surface area contributed by atoms with Gasteiger partial charge in [-0.15, -0.1) is 0 Å². The van der Waals surface area contributed by atoms with Crippen molar-refractivity contribution in [3.8, 4) is 11.8 Å². The molecular weight excluding hydrogens is 324 g/mol. The molecule has 0 saturated heterocycles. The molecular formula is C22H34O2Si. The van der Waals surface area contributed by atoms with Crippen LogP contribution in [0.25, 0.3) is 0 Å². The topological polar surface area (TPSA) is 26.3 Å². The van der Waals surface area contributed by atoms with Gasteiger partial charge in [-0.2, -0.15) is 0 Å². The number of allylic oxidation sites excluding steroid dienone is 2. The molecule has 25 heavy (non-hydrogen) atoms. The standard InChI is InChI=1S/C22H34O2Si/c1-16-15-18-17(9-7-10-19(18)23)20(16)22(13-14-22)12-8-11-21(2,3)24-25(4,5)6/h17-18H,7,9-10,12-15H2,1-6H3. The first kappa shape index (κ1) is 18.9. The van der Waals surface area contributed by atoms with E-state index < -0.39 is 8.32 Å². The molecule has 0 spiro atoms. The van der Waals surface area contributed by atoms with Gasteiger partial charge in [0.1, 0.15) is 11.4 Å². The van der Waals surface area contributed by atoms with E-state index in [-0.39, 0.29) is 11.0 Å². The van der Waals surface area contributed by atoms with Gasteiger partial charge in [-0.25, -0.2) is 0 Å². The Morgan fingerprint density at radius 1 is 1.24 bits per heavy atom. The summed E-state index contributed by atoms with van der Waals surface area (Å²) >= 11 is 0. The molecule has 2 unspecified atom stereocenters.